The fourth-order valence-corrected chi connectivity index (χ4v) is 1.63. The number of carboxylic acids is 1. The molecule has 1 aromatic rings. The van der Waals surface area contributed by atoms with Gasteiger partial charge < -0.3 is 5.11 Å². The molecule has 1 heterocycles. The summed E-state index contributed by atoms with van der Waals surface area (Å²) in [5.41, 5.74) is 0. The largest absolute Gasteiger partial charge is 0.480 e. The molecule has 0 aliphatic heterocycles. The molecule has 1 unspecified atom stereocenters. The normalized spacial score (nSPS) is 13.5. The van der Waals surface area contributed by atoms with Gasteiger partial charge in [-0.3, -0.25) is 4.99 Å². The molecule has 1 atom stereocenters. The topological polar surface area (TPSA) is 62.5 Å². The zero-order valence-corrected chi connectivity index (χ0v) is 9.57. The molecule has 0 fully saturated rings. The predicted molar refractivity (Wildman–Crippen MR) is 60.6 cm³/mol. The van der Waals surface area contributed by atoms with Crippen LogP contribution in [-0.2, 0) is 4.79 Å². The van der Waals surface area contributed by atoms with Crippen LogP contribution in [0.25, 0.3) is 0 Å². The first-order valence-corrected chi connectivity index (χ1v) is 5.63. The second-order valence-electron chi connectivity index (χ2n) is 3.63. The number of carbonyl (C=O) groups is 1. The highest BCUT2D eigenvalue weighted by molar-refractivity contribution is 7.11. The van der Waals surface area contributed by atoms with E-state index in [0.29, 0.717) is 12.3 Å². The van der Waals surface area contributed by atoms with Crippen LogP contribution in [0.4, 0.5) is 0 Å². The fraction of sp³-hybridized carbons (Fsp3) is 0.500. The van der Waals surface area contributed by atoms with Crippen molar-refractivity contribution < 1.29 is 9.90 Å². The molecule has 0 aliphatic rings. The van der Waals surface area contributed by atoms with Crippen molar-refractivity contribution in [3.63, 3.8) is 0 Å². The van der Waals surface area contributed by atoms with Crippen molar-refractivity contribution >= 4 is 23.5 Å². The molecule has 82 valence electrons. The zero-order chi connectivity index (χ0) is 11.3. The molecule has 15 heavy (non-hydrogen) atoms. The molecule has 1 aromatic heterocycles. The minimum Gasteiger partial charge on any atom is -0.480 e. The number of carboxylic acid groups (broad SMARTS) is 1. The lowest BCUT2D eigenvalue weighted by molar-refractivity contribution is -0.138. The summed E-state index contributed by atoms with van der Waals surface area (Å²) in [6.45, 7) is 3.96. The van der Waals surface area contributed by atoms with Gasteiger partial charge in [0.05, 0.1) is 6.21 Å². The lowest BCUT2D eigenvalue weighted by atomic mass is 10.0. The molecule has 0 aliphatic carbocycles. The highest BCUT2D eigenvalue weighted by atomic mass is 32.1. The van der Waals surface area contributed by atoms with Gasteiger partial charge in [-0.1, -0.05) is 13.8 Å². The molecular weight excluding hydrogens is 212 g/mol. The Bertz CT molecular complexity index is 333. The Kier molecular flexibility index (Phi) is 4.42. The summed E-state index contributed by atoms with van der Waals surface area (Å²) in [4.78, 5) is 18.9. The lowest BCUT2D eigenvalue weighted by Crippen LogP contribution is -2.20. The van der Waals surface area contributed by atoms with Crippen molar-refractivity contribution in [2.24, 2.45) is 10.9 Å². The van der Waals surface area contributed by atoms with E-state index in [1.54, 1.807) is 6.20 Å². The number of rotatable bonds is 5. The smallest absolute Gasteiger partial charge is 0.328 e. The summed E-state index contributed by atoms with van der Waals surface area (Å²) < 4.78 is 0. The maximum Gasteiger partial charge on any atom is 0.328 e. The van der Waals surface area contributed by atoms with Gasteiger partial charge in [-0.25, -0.2) is 9.78 Å². The van der Waals surface area contributed by atoms with Crippen molar-refractivity contribution in [3.8, 4) is 0 Å². The minimum atomic E-state index is -0.878. The molecular formula is C10H14N2O2S. The van der Waals surface area contributed by atoms with Crippen molar-refractivity contribution in [3.05, 3.63) is 16.6 Å². The van der Waals surface area contributed by atoms with Crippen LogP contribution >= 0.6 is 11.3 Å². The number of aliphatic carboxylic acids is 1. The molecule has 0 saturated carbocycles. The molecule has 0 amide bonds. The SMILES string of the molecule is CC(C)CC(/N=C/c1nccs1)C(=O)O. The Morgan fingerprint density at radius 2 is 2.47 bits per heavy atom. The van der Waals surface area contributed by atoms with Crippen LogP contribution in [0.15, 0.2) is 16.6 Å². The first-order valence-electron chi connectivity index (χ1n) is 4.75. The zero-order valence-electron chi connectivity index (χ0n) is 8.75. The lowest BCUT2D eigenvalue weighted by Gasteiger charge is -2.09. The van der Waals surface area contributed by atoms with E-state index in [1.807, 2.05) is 19.2 Å². The van der Waals surface area contributed by atoms with Crippen LogP contribution in [0.3, 0.4) is 0 Å². The van der Waals surface area contributed by atoms with Crippen LogP contribution in [0, 0.1) is 5.92 Å². The van der Waals surface area contributed by atoms with Crippen LogP contribution in [-0.4, -0.2) is 28.3 Å². The quantitative estimate of drug-likeness (QED) is 0.782. The number of hydrogen-bond donors (Lipinski definition) is 1. The number of thiazole rings is 1. The molecule has 0 spiro atoms. The molecule has 1 rings (SSSR count). The monoisotopic (exact) mass is 226 g/mol. The third kappa shape index (κ3) is 4.20. The van der Waals surface area contributed by atoms with E-state index >= 15 is 0 Å². The predicted octanol–water partition coefficient (Wildman–Crippen LogP) is 2.06. The second-order valence-corrected chi connectivity index (χ2v) is 4.56. The van der Waals surface area contributed by atoms with Crippen molar-refractivity contribution in [2.75, 3.05) is 0 Å². The second kappa shape index (κ2) is 5.60. The third-order valence-electron chi connectivity index (χ3n) is 1.80. The average molecular weight is 226 g/mol. The minimum absolute atomic E-state index is 0.319. The summed E-state index contributed by atoms with van der Waals surface area (Å²) in [6, 6.07) is -0.658. The molecule has 0 aromatic carbocycles. The van der Waals surface area contributed by atoms with Gasteiger partial charge >= 0.3 is 5.97 Å². The van der Waals surface area contributed by atoms with Crippen molar-refractivity contribution in [1.29, 1.82) is 0 Å². The van der Waals surface area contributed by atoms with E-state index in [0.717, 1.165) is 5.01 Å². The van der Waals surface area contributed by atoms with Gasteiger partial charge in [-0.2, -0.15) is 0 Å². The van der Waals surface area contributed by atoms with Crippen molar-refractivity contribution in [2.45, 2.75) is 26.3 Å². The maximum atomic E-state index is 10.9. The summed E-state index contributed by atoms with van der Waals surface area (Å²) in [5.74, 6) is -0.559. The summed E-state index contributed by atoms with van der Waals surface area (Å²) in [5, 5.41) is 11.5. The van der Waals surface area contributed by atoms with Gasteiger partial charge in [0, 0.05) is 11.6 Å². The van der Waals surface area contributed by atoms with E-state index in [-0.39, 0.29) is 0 Å². The Balaban J connectivity index is 2.62. The highest BCUT2D eigenvalue weighted by Gasteiger charge is 2.16. The van der Waals surface area contributed by atoms with E-state index in [1.165, 1.54) is 17.6 Å². The molecule has 5 heteroatoms. The van der Waals surface area contributed by atoms with Gasteiger partial charge in [0.2, 0.25) is 0 Å². The van der Waals surface area contributed by atoms with Crippen LogP contribution in [0.2, 0.25) is 0 Å². The fourth-order valence-electron chi connectivity index (χ4n) is 1.12. The van der Waals surface area contributed by atoms with Gasteiger partial charge in [0.25, 0.3) is 0 Å². The van der Waals surface area contributed by atoms with E-state index in [4.69, 9.17) is 5.11 Å². The van der Waals surface area contributed by atoms with Gasteiger partial charge in [-0.05, 0) is 12.3 Å². The number of hydrogen-bond acceptors (Lipinski definition) is 4. The summed E-state index contributed by atoms with van der Waals surface area (Å²) >= 11 is 1.44. The van der Waals surface area contributed by atoms with Gasteiger partial charge in [0.15, 0.2) is 0 Å². The number of aromatic nitrogens is 1. The average Bonchev–Trinajstić information content (AvgIpc) is 2.63. The molecule has 0 saturated heterocycles. The Morgan fingerprint density at radius 1 is 1.73 bits per heavy atom. The highest BCUT2D eigenvalue weighted by Crippen LogP contribution is 2.09. The molecule has 4 nitrogen and oxygen atoms in total. The third-order valence-corrected chi connectivity index (χ3v) is 2.51. The van der Waals surface area contributed by atoms with E-state index in [2.05, 4.69) is 9.98 Å². The summed E-state index contributed by atoms with van der Waals surface area (Å²) in [7, 11) is 0. The summed E-state index contributed by atoms with van der Waals surface area (Å²) in [6.07, 6.45) is 3.76. The Morgan fingerprint density at radius 3 is 2.93 bits per heavy atom. The van der Waals surface area contributed by atoms with E-state index < -0.39 is 12.0 Å². The Labute approximate surface area is 92.7 Å². The van der Waals surface area contributed by atoms with E-state index in [9.17, 15) is 4.79 Å². The molecule has 0 bridgehead atoms. The standard InChI is InChI=1S/C10H14N2O2S/c1-7(2)5-8(10(13)14)12-6-9-11-3-4-15-9/h3-4,6-8H,5H2,1-2H3,(H,13,14)/b12-6+. The Hall–Kier alpha value is -1.23. The van der Waals surface area contributed by atoms with Crippen LogP contribution < -0.4 is 0 Å². The number of nitrogens with zero attached hydrogens (tertiary/aromatic N) is 2. The van der Waals surface area contributed by atoms with Crippen molar-refractivity contribution in [1.82, 2.24) is 4.98 Å². The first kappa shape index (κ1) is 11.8. The maximum absolute atomic E-state index is 10.9. The number of aliphatic imine (C=N–C) groups is 1. The van der Waals surface area contributed by atoms with Crippen LogP contribution in [0.5, 0.6) is 0 Å². The molecule has 1 N–H and O–H groups in total. The van der Waals surface area contributed by atoms with Gasteiger partial charge in [-0.15, -0.1) is 11.3 Å². The first-order chi connectivity index (χ1) is 7.09. The molecule has 0 radical (unpaired) electrons. The van der Waals surface area contributed by atoms with Gasteiger partial charge in [0.1, 0.15) is 11.0 Å². The van der Waals surface area contributed by atoms with Crippen LogP contribution in [0.1, 0.15) is 25.3 Å².